The van der Waals surface area contributed by atoms with Crippen LogP contribution in [0.4, 0.5) is 9.18 Å². The summed E-state index contributed by atoms with van der Waals surface area (Å²) >= 11 is 0. The number of carbonyl (C=O) groups excluding carboxylic acids is 2. The third kappa shape index (κ3) is 2.40. The zero-order valence-corrected chi connectivity index (χ0v) is 11.5. The van der Waals surface area contributed by atoms with E-state index in [0.29, 0.717) is 13.0 Å². The first-order valence-electron chi connectivity index (χ1n) is 7.14. The molecule has 2 atom stereocenters. The molecule has 1 aromatic rings. The molecule has 2 aliphatic rings. The molecule has 6 heteroatoms. The van der Waals surface area contributed by atoms with Crippen LogP contribution in [-0.2, 0) is 4.79 Å². The molecule has 0 unspecified atom stereocenters. The molecule has 21 heavy (non-hydrogen) atoms. The van der Waals surface area contributed by atoms with Gasteiger partial charge in [0.1, 0.15) is 11.9 Å². The zero-order chi connectivity index (χ0) is 15.0. The van der Waals surface area contributed by atoms with E-state index in [1.54, 1.807) is 11.0 Å². The predicted molar refractivity (Wildman–Crippen MR) is 72.8 cm³/mol. The van der Waals surface area contributed by atoms with E-state index in [9.17, 15) is 19.1 Å². The fraction of sp³-hybridized carbons (Fsp3) is 0.467. The van der Waals surface area contributed by atoms with Crippen LogP contribution in [0, 0.1) is 5.82 Å². The Hall–Kier alpha value is -1.95. The minimum absolute atomic E-state index is 0.1000. The van der Waals surface area contributed by atoms with E-state index in [-0.39, 0.29) is 24.0 Å². The van der Waals surface area contributed by atoms with Crippen LogP contribution in [0.1, 0.15) is 30.9 Å². The summed E-state index contributed by atoms with van der Waals surface area (Å²) in [6.45, 7) is 0.368. The first-order valence-corrected chi connectivity index (χ1v) is 7.14. The number of urea groups is 1. The van der Waals surface area contributed by atoms with Gasteiger partial charge in [0.05, 0.1) is 12.6 Å². The van der Waals surface area contributed by atoms with Gasteiger partial charge in [0.25, 0.3) is 5.91 Å². The lowest BCUT2D eigenvalue weighted by molar-refractivity contribution is -0.129. The van der Waals surface area contributed by atoms with Crippen molar-refractivity contribution >= 4 is 11.9 Å². The van der Waals surface area contributed by atoms with Gasteiger partial charge in [-0.2, -0.15) is 0 Å². The molecule has 2 fully saturated rings. The highest BCUT2D eigenvalue weighted by Gasteiger charge is 2.46. The van der Waals surface area contributed by atoms with Crippen molar-refractivity contribution in [2.45, 2.75) is 31.4 Å². The van der Waals surface area contributed by atoms with E-state index in [1.807, 2.05) is 0 Å². The summed E-state index contributed by atoms with van der Waals surface area (Å²) in [6.07, 6.45) is 1.26. The van der Waals surface area contributed by atoms with Crippen LogP contribution < -0.4 is 0 Å². The maximum Gasteiger partial charge on any atom is 0.327 e. The third-order valence-corrected chi connectivity index (χ3v) is 4.15. The zero-order valence-electron chi connectivity index (χ0n) is 11.5. The molecule has 1 N–H and O–H groups in total. The van der Waals surface area contributed by atoms with Crippen molar-refractivity contribution in [3.63, 3.8) is 0 Å². The highest BCUT2D eigenvalue weighted by Crippen LogP contribution is 2.28. The standard InChI is InChI=1S/C15H17FN2O3/c16-11-6-2-1-5-10(11)13(19)9-18-14(20)12-7-3-4-8-17(12)15(18)21/h1-2,5-6,12-13,19H,3-4,7-9H2/t12-,13-/m1/s1. The minimum Gasteiger partial charge on any atom is -0.386 e. The van der Waals surface area contributed by atoms with Crippen molar-refractivity contribution in [2.24, 2.45) is 0 Å². The van der Waals surface area contributed by atoms with Gasteiger partial charge >= 0.3 is 6.03 Å². The van der Waals surface area contributed by atoms with Crippen molar-refractivity contribution in [1.82, 2.24) is 9.80 Å². The molecule has 0 saturated carbocycles. The average molecular weight is 292 g/mol. The molecule has 3 amide bonds. The predicted octanol–water partition coefficient (Wildman–Crippen LogP) is 1.68. The molecule has 1 aromatic carbocycles. The van der Waals surface area contributed by atoms with Crippen molar-refractivity contribution in [3.8, 4) is 0 Å². The van der Waals surface area contributed by atoms with Crippen LogP contribution in [0.5, 0.6) is 0 Å². The molecule has 2 heterocycles. The molecule has 2 aliphatic heterocycles. The monoisotopic (exact) mass is 292 g/mol. The second-order valence-electron chi connectivity index (χ2n) is 5.47. The number of hydrogen-bond acceptors (Lipinski definition) is 3. The lowest BCUT2D eigenvalue weighted by Gasteiger charge is -2.26. The first kappa shape index (κ1) is 14.0. The lowest BCUT2D eigenvalue weighted by Crippen LogP contribution is -2.39. The molecule has 112 valence electrons. The van der Waals surface area contributed by atoms with Gasteiger partial charge in [0, 0.05) is 12.1 Å². The van der Waals surface area contributed by atoms with E-state index < -0.39 is 18.0 Å². The van der Waals surface area contributed by atoms with E-state index >= 15 is 0 Å². The Morgan fingerprint density at radius 3 is 2.76 bits per heavy atom. The lowest BCUT2D eigenvalue weighted by atomic mass is 10.0. The molecule has 2 saturated heterocycles. The van der Waals surface area contributed by atoms with Crippen molar-refractivity contribution < 1.29 is 19.1 Å². The Balaban J connectivity index is 1.77. The second kappa shape index (κ2) is 5.44. The number of aliphatic hydroxyl groups excluding tert-OH is 1. The van der Waals surface area contributed by atoms with E-state index in [0.717, 1.165) is 17.7 Å². The van der Waals surface area contributed by atoms with Gasteiger partial charge in [0.2, 0.25) is 0 Å². The number of halogens is 1. The fourth-order valence-electron chi connectivity index (χ4n) is 3.03. The van der Waals surface area contributed by atoms with Gasteiger partial charge in [-0.05, 0) is 25.3 Å². The quantitative estimate of drug-likeness (QED) is 0.862. The molecule has 0 aliphatic carbocycles. The van der Waals surface area contributed by atoms with E-state index in [1.165, 1.54) is 18.2 Å². The van der Waals surface area contributed by atoms with E-state index in [4.69, 9.17) is 0 Å². The number of carbonyl (C=O) groups is 2. The molecule has 3 rings (SSSR count). The smallest absolute Gasteiger partial charge is 0.327 e. The summed E-state index contributed by atoms with van der Waals surface area (Å²) in [5.41, 5.74) is 0.1000. The number of rotatable bonds is 3. The Kier molecular flexibility index (Phi) is 3.63. The highest BCUT2D eigenvalue weighted by atomic mass is 19.1. The van der Waals surface area contributed by atoms with Crippen LogP contribution in [0.3, 0.4) is 0 Å². The number of benzene rings is 1. The van der Waals surface area contributed by atoms with Crippen molar-refractivity contribution in [3.05, 3.63) is 35.6 Å². The fourth-order valence-corrected chi connectivity index (χ4v) is 3.03. The van der Waals surface area contributed by atoms with Crippen LogP contribution in [0.25, 0.3) is 0 Å². The number of hydrogen-bond donors (Lipinski definition) is 1. The molecule has 5 nitrogen and oxygen atoms in total. The van der Waals surface area contributed by atoms with Gasteiger partial charge in [-0.3, -0.25) is 9.69 Å². The van der Waals surface area contributed by atoms with Gasteiger partial charge in [-0.25, -0.2) is 9.18 Å². The second-order valence-corrected chi connectivity index (χ2v) is 5.47. The van der Waals surface area contributed by atoms with Crippen molar-refractivity contribution in [1.29, 1.82) is 0 Å². The maximum absolute atomic E-state index is 13.6. The van der Waals surface area contributed by atoms with E-state index in [2.05, 4.69) is 0 Å². The number of imide groups is 1. The van der Waals surface area contributed by atoms with Gasteiger partial charge in [-0.1, -0.05) is 18.2 Å². The van der Waals surface area contributed by atoms with Crippen LogP contribution in [0.2, 0.25) is 0 Å². The van der Waals surface area contributed by atoms with Gasteiger partial charge < -0.3 is 10.0 Å². The molecule has 0 radical (unpaired) electrons. The van der Waals surface area contributed by atoms with Crippen molar-refractivity contribution in [2.75, 3.05) is 13.1 Å². The van der Waals surface area contributed by atoms with Crippen LogP contribution >= 0.6 is 0 Å². The number of β-amino-alcohol motifs (C(OH)–C–C–N with tert-alkyl or cyclic N) is 1. The molecular weight excluding hydrogens is 275 g/mol. The number of amides is 3. The number of nitrogens with zero attached hydrogens (tertiary/aromatic N) is 2. The summed E-state index contributed by atoms with van der Waals surface area (Å²) in [5.74, 6) is -0.822. The average Bonchev–Trinajstić information content (AvgIpc) is 2.73. The Bertz CT molecular complexity index is 554. The molecule has 0 aromatic heterocycles. The summed E-state index contributed by atoms with van der Waals surface area (Å²) < 4.78 is 13.6. The summed E-state index contributed by atoms with van der Waals surface area (Å²) in [4.78, 5) is 27.1. The maximum atomic E-state index is 13.6. The molecule has 0 spiro atoms. The number of piperidine rings is 1. The largest absolute Gasteiger partial charge is 0.386 e. The highest BCUT2D eigenvalue weighted by molar-refractivity contribution is 6.04. The van der Waals surface area contributed by atoms with Gasteiger partial charge in [-0.15, -0.1) is 0 Å². The first-order chi connectivity index (χ1) is 10.1. The topological polar surface area (TPSA) is 60.9 Å². The minimum atomic E-state index is -1.21. The molecular formula is C15H17FN2O3. The van der Waals surface area contributed by atoms with Gasteiger partial charge in [0.15, 0.2) is 0 Å². The van der Waals surface area contributed by atoms with Crippen LogP contribution in [-0.4, -0.2) is 46.0 Å². The summed E-state index contributed by atoms with van der Waals surface area (Å²) in [6, 6.07) is 5.06. The molecule has 0 bridgehead atoms. The SMILES string of the molecule is O=C1[C@H]2CCCCN2C(=O)N1C[C@@H](O)c1ccccc1F. The number of fused-ring (bicyclic) bond motifs is 1. The van der Waals surface area contributed by atoms with Crippen LogP contribution in [0.15, 0.2) is 24.3 Å². The normalized spacial score (nSPS) is 23.4. The number of aliphatic hydroxyl groups is 1. The summed E-state index contributed by atoms with van der Waals surface area (Å²) in [5, 5.41) is 10.1. The Morgan fingerprint density at radius 1 is 1.29 bits per heavy atom. The Morgan fingerprint density at radius 2 is 2.05 bits per heavy atom. The third-order valence-electron chi connectivity index (χ3n) is 4.15. The summed E-state index contributed by atoms with van der Waals surface area (Å²) in [7, 11) is 0. The Labute approximate surface area is 122 Å².